The summed E-state index contributed by atoms with van der Waals surface area (Å²) in [6.07, 6.45) is 0. The molecule has 2 heterocycles. The zero-order chi connectivity index (χ0) is 15.0. The molecular weight excluding hydrogens is 291 g/mol. The Balaban J connectivity index is 1.93. The molecule has 0 fully saturated rings. The van der Waals surface area contributed by atoms with Gasteiger partial charge in [-0.25, -0.2) is 9.37 Å². The second-order valence-electron chi connectivity index (χ2n) is 4.75. The van der Waals surface area contributed by atoms with Crippen LogP contribution < -0.4 is 5.73 Å². The van der Waals surface area contributed by atoms with Crippen molar-refractivity contribution in [3.05, 3.63) is 40.0 Å². The van der Waals surface area contributed by atoms with Crippen molar-refractivity contribution in [1.29, 1.82) is 0 Å². The van der Waals surface area contributed by atoms with Gasteiger partial charge in [-0.1, -0.05) is 5.16 Å². The van der Waals surface area contributed by atoms with E-state index in [0.29, 0.717) is 28.5 Å². The Morgan fingerprint density at radius 1 is 1.33 bits per heavy atom. The number of hydrogen-bond donors (Lipinski definition) is 1. The van der Waals surface area contributed by atoms with Gasteiger partial charge in [0.15, 0.2) is 0 Å². The number of thiazole rings is 1. The van der Waals surface area contributed by atoms with Crippen LogP contribution in [0.15, 0.2) is 28.1 Å². The van der Waals surface area contributed by atoms with E-state index in [9.17, 15) is 4.39 Å². The van der Waals surface area contributed by atoms with Crippen LogP contribution in [0, 0.1) is 12.7 Å². The fourth-order valence-corrected chi connectivity index (χ4v) is 2.58. The van der Waals surface area contributed by atoms with E-state index < -0.39 is 0 Å². The van der Waals surface area contributed by atoms with Crippen molar-refractivity contribution in [2.45, 2.75) is 19.9 Å². The molecule has 3 aromatic rings. The SMILES string of the molecule is Cc1cc(-c2noc(-c3csc(C(C)N)n3)n2)ccc1F. The molecule has 0 radical (unpaired) electrons. The summed E-state index contributed by atoms with van der Waals surface area (Å²) in [6.45, 7) is 3.55. The Hall–Kier alpha value is -2.12. The van der Waals surface area contributed by atoms with Crippen molar-refractivity contribution in [2.75, 3.05) is 0 Å². The fraction of sp³-hybridized carbons (Fsp3) is 0.214. The van der Waals surface area contributed by atoms with Gasteiger partial charge in [0.2, 0.25) is 5.82 Å². The summed E-state index contributed by atoms with van der Waals surface area (Å²) < 4.78 is 18.5. The quantitative estimate of drug-likeness (QED) is 0.803. The lowest BCUT2D eigenvalue weighted by atomic mass is 10.1. The Kier molecular flexibility index (Phi) is 3.52. The maximum atomic E-state index is 13.3. The lowest BCUT2D eigenvalue weighted by Gasteiger charge is -1.97. The van der Waals surface area contributed by atoms with Gasteiger partial charge in [-0.3, -0.25) is 0 Å². The third kappa shape index (κ3) is 2.70. The molecule has 1 aromatic carbocycles. The predicted octanol–water partition coefficient (Wildman–Crippen LogP) is 3.33. The predicted molar refractivity (Wildman–Crippen MR) is 78.1 cm³/mol. The first-order valence-corrected chi connectivity index (χ1v) is 7.24. The van der Waals surface area contributed by atoms with Gasteiger partial charge in [-0.2, -0.15) is 4.98 Å². The number of aromatic nitrogens is 3. The molecule has 7 heteroatoms. The molecule has 0 spiro atoms. The largest absolute Gasteiger partial charge is 0.332 e. The monoisotopic (exact) mass is 304 g/mol. The van der Waals surface area contributed by atoms with Gasteiger partial charge in [-0.05, 0) is 37.6 Å². The summed E-state index contributed by atoms with van der Waals surface area (Å²) in [5, 5.41) is 6.55. The van der Waals surface area contributed by atoms with Crippen LogP contribution in [0.3, 0.4) is 0 Å². The molecule has 1 unspecified atom stereocenters. The van der Waals surface area contributed by atoms with Crippen LogP contribution >= 0.6 is 11.3 Å². The van der Waals surface area contributed by atoms with E-state index in [1.807, 2.05) is 12.3 Å². The standard InChI is InChI=1S/C14H13FN4OS/c1-7-5-9(3-4-10(7)15)12-18-13(20-19-12)11-6-21-14(17-11)8(2)16/h3-6,8H,16H2,1-2H3. The molecule has 5 nitrogen and oxygen atoms in total. The first-order chi connectivity index (χ1) is 10.0. The molecular formula is C14H13FN4OS. The second kappa shape index (κ2) is 5.34. The minimum atomic E-state index is -0.261. The van der Waals surface area contributed by atoms with Gasteiger partial charge < -0.3 is 10.3 Å². The molecule has 1 atom stereocenters. The van der Waals surface area contributed by atoms with E-state index in [1.165, 1.54) is 17.4 Å². The van der Waals surface area contributed by atoms with Gasteiger partial charge in [0, 0.05) is 10.9 Å². The Labute approximate surface area is 124 Å². The maximum Gasteiger partial charge on any atom is 0.277 e. The van der Waals surface area contributed by atoms with Crippen LogP contribution in [0.25, 0.3) is 23.0 Å². The van der Waals surface area contributed by atoms with Crippen molar-refractivity contribution >= 4 is 11.3 Å². The highest BCUT2D eigenvalue weighted by atomic mass is 32.1. The van der Waals surface area contributed by atoms with Crippen molar-refractivity contribution in [3.8, 4) is 23.0 Å². The molecule has 0 amide bonds. The molecule has 0 aliphatic carbocycles. The van der Waals surface area contributed by atoms with Crippen LogP contribution in [0.4, 0.5) is 4.39 Å². The number of aryl methyl sites for hydroxylation is 1. The number of halogens is 1. The van der Waals surface area contributed by atoms with Crippen molar-refractivity contribution in [3.63, 3.8) is 0 Å². The Morgan fingerprint density at radius 3 is 2.81 bits per heavy atom. The number of nitrogens with zero attached hydrogens (tertiary/aromatic N) is 3. The summed E-state index contributed by atoms with van der Waals surface area (Å²) in [7, 11) is 0. The number of hydrogen-bond acceptors (Lipinski definition) is 6. The smallest absolute Gasteiger partial charge is 0.277 e. The highest BCUT2D eigenvalue weighted by Crippen LogP contribution is 2.26. The van der Waals surface area contributed by atoms with Crippen LogP contribution in [0.2, 0.25) is 0 Å². The average molecular weight is 304 g/mol. The van der Waals surface area contributed by atoms with E-state index in [0.717, 1.165) is 5.01 Å². The Morgan fingerprint density at radius 2 is 2.14 bits per heavy atom. The maximum absolute atomic E-state index is 13.3. The zero-order valence-corrected chi connectivity index (χ0v) is 12.3. The van der Waals surface area contributed by atoms with Crippen molar-refractivity contribution in [2.24, 2.45) is 5.73 Å². The molecule has 21 heavy (non-hydrogen) atoms. The van der Waals surface area contributed by atoms with Gasteiger partial charge in [0.25, 0.3) is 5.89 Å². The zero-order valence-electron chi connectivity index (χ0n) is 11.5. The molecule has 3 rings (SSSR count). The number of nitrogens with two attached hydrogens (primary N) is 1. The molecule has 2 aromatic heterocycles. The lowest BCUT2D eigenvalue weighted by molar-refractivity contribution is 0.431. The lowest BCUT2D eigenvalue weighted by Crippen LogP contribution is -2.03. The summed E-state index contributed by atoms with van der Waals surface area (Å²) in [4.78, 5) is 8.65. The molecule has 0 bridgehead atoms. The third-order valence-corrected chi connectivity index (χ3v) is 4.02. The van der Waals surface area contributed by atoms with Gasteiger partial charge in [0.1, 0.15) is 16.5 Å². The molecule has 108 valence electrons. The second-order valence-corrected chi connectivity index (χ2v) is 5.64. The van der Waals surface area contributed by atoms with E-state index in [-0.39, 0.29) is 11.9 Å². The summed E-state index contributed by atoms with van der Waals surface area (Å²) >= 11 is 1.45. The first-order valence-electron chi connectivity index (χ1n) is 6.36. The van der Waals surface area contributed by atoms with Gasteiger partial charge >= 0.3 is 0 Å². The molecule has 0 saturated heterocycles. The molecule has 0 aliphatic heterocycles. The molecule has 2 N–H and O–H groups in total. The normalized spacial score (nSPS) is 12.6. The van der Waals surface area contributed by atoms with Crippen LogP contribution in [0.5, 0.6) is 0 Å². The topological polar surface area (TPSA) is 77.8 Å². The van der Waals surface area contributed by atoms with Crippen LogP contribution in [0.1, 0.15) is 23.5 Å². The fourth-order valence-electron chi connectivity index (χ4n) is 1.82. The van der Waals surface area contributed by atoms with Crippen LogP contribution in [-0.4, -0.2) is 15.1 Å². The highest BCUT2D eigenvalue weighted by Gasteiger charge is 2.15. The third-order valence-electron chi connectivity index (χ3n) is 2.97. The minimum absolute atomic E-state index is 0.133. The molecule has 0 saturated carbocycles. The first kappa shape index (κ1) is 13.8. The Bertz CT molecular complexity index is 781. The van der Waals surface area contributed by atoms with Crippen molar-refractivity contribution < 1.29 is 8.91 Å². The van der Waals surface area contributed by atoms with E-state index in [4.69, 9.17) is 10.3 Å². The van der Waals surface area contributed by atoms with Gasteiger partial charge in [-0.15, -0.1) is 11.3 Å². The average Bonchev–Trinajstić information content (AvgIpc) is 3.09. The van der Waals surface area contributed by atoms with Gasteiger partial charge in [0.05, 0.1) is 6.04 Å². The van der Waals surface area contributed by atoms with Crippen LogP contribution in [-0.2, 0) is 0 Å². The van der Waals surface area contributed by atoms with Crippen molar-refractivity contribution in [1.82, 2.24) is 15.1 Å². The van der Waals surface area contributed by atoms with E-state index in [2.05, 4.69) is 15.1 Å². The minimum Gasteiger partial charge on any atom is -0.332 e. The molecule has 0 aliphatic rings. The highest BCUT2D eigenvalue weighted by molar-refractivity contribution is 7.10. The van der Waals surface area contributed by atoms with E-state index in [1.54, 1.807) is 19.1 Å². The number of benzene rings is 1. The van der Waals surface area contributed by atoms with E-state index >= 15 is 0 Å². The number of rotatable bonds is 3. The summed E-state index contributed by atoms with van der Waals surface area (Å²) in [6, 6.07) is 4.55. The summed E-state index contributed by atoms with van der Waals surface area (Å²) in [5.74, 6) is 0.474. The summed E-state index contributed by atoms with van der Waals surface area (Å²) in [5.41, 5.74) is 7.61.